The van der Waals surface area contributed by atoms with Crippen molar-refractivity contribution in [2.75, 3.05) is 13.7 Å². The maximum Gasteiger partial charge on any atom is 0.0600 e. The molecule has 4 fully saturated rings. The van der Waals surface area contributed by atoms with Crippen molar-refractivity contribution in [2.45, 2.75) is 97.4 Å². The van der Waals surface area contributed by atoms with Gasteiger partial charge in [-0.3, -0.25) is 0 Å². The van der Waals surface area contributed by atoms with Crippen LogP contribution in [-0.4, -0.2) is 25.6 Å². The highest BCUT2D eigenvalue weighted by Gasteiger charge is 2.61. The molecule has 8 atom stereocenters. The summed E-state index contributed by atoms with van der Waals surface area (Å²) in [5.41, 5.74) is 0.882. The van der Waals surface area contributed by atoms with E-state index in [1.807, 2.05) is 7.11 Å². The maximum absolute atomic E-state index is 12.6. The number of hydrogen-bond acceptors (Lipinski definition) is 3. The van der Waals surface area contributed by atoms with E-state index < -0.39 is 5.79 Å². The Labute approximate surface area is 166 Å². The van der Waals surface area contributed by atoms with Gasteiger partial charge in [0.05, 0.1) is 6.10 Å². The lowest BCUT2D eigenvalue weighted by molar-refractivity contribution is -0.552. The second kappa shape index (κ2) is 6.99. The van der Waals surface area contributed by atoms with E-state index in [4.69, 9.17) is 9.47 Å². The number of hydrogen-bond donors (Lipinski definition) is 0. The molecule has 4 saturated carbocycles. The molecule has 4 aliphatic carbocycles. The van der Waals surface area contributed by atoms with Gasteiger partial charge in [-0.2, -0.15) is 0 Å². The summed E-state index contributed by atoms with van der Waals surface area (Å²) in [5.74, 6) is 2.16. The van der Waals surface area contributed by atoms with Crippen LogP contribution in [0.4, 0.5) is 0 Å². The van der Waals surface area contributed by atoms with Gasteiger partial charge in [0.2, 0.25) is 0 Å². The number of methoxy groups -OCH3 is 1. The molecule has 0 aliphatic heterocycles. The van der Waals surface area contributed by atoms with Crippen LogP contribution in [-0.2, 0) is 9.47 Å². The molecule has 0 N–H and O–H groups in total. The van der Waals surface area contributed by atoms with Crippen LogP contribution in [0.25, 0.3) is 0 Å². The van der Waals surface area contributed by atoms with E-state index in [2.05, 4.69) is 13.8 Å². The van der Waals surface area contributed by atoms with Gasteiger partial charge in [-0.05, 0) is 91.2 Å². The Morgan fingerprint density at radius 3 is 2.52 bits per heavy atom. The topological polar surface area (TPSA) is 41.5 Å². The van der Waals surface area contributed by atoms with Crippen molar-refractivity contribution in [3.05, 3.63) is 0 Å². The molecule has 0 heterocycles. The molecular formula is C24H41O3-. The number of ether oxygens (including phenoxy) is 2. The van der Waals surface area contributed by atoms with Crippen molar-refractivity contribution in [2.24, 2.45) is 40.4 Å². The zero-order chi connectivity index (χ0) is 19.4. The quantitative estimate of drug-likeness (QED) is 0.663. The third-order valence-electron chi connectivity index (χ3n) is 9.27. The van der Waals surface area contributed by atoms with Crippen molar-refractivity contribution in [3.63, 3.8) is 0 Å². The van der Waals surface area contributed by atoms with Crippen molar-refractivity contribution < 1.29 is 14.6 Å². The van der Waals surface area contributed by atoms with E-state index in [-0.39, 0.29) is 6.10 Å². The first-order chi connectivity index (χ1) is 12.7. The minimum absolute atomic E-state index is 0.157. The molecule has 4 rings (SSSR count). The zero-order valence-electron chi connectivity index (χ0n) is 18.3. The Morgan fingerprint density at radius 1 is 1.04 bits per heavy atom. The van der Waals surface area contributed by atoms with E-state index in [1.54, 1.807) is 13.8 Å². The smallest absolute Gasteiger partial charge is 0.0600 e. The molecule has 3 heteroatoms. The third kappa shape index (κ3) is 3.51. The average Bonchev–Trinajstić information content (AvgIpc) is 2.90. The van der Waals surface area contributed by atoms with Crippen LogP contribution in [0.1, 0.15) is 85.5 Å². The van der Waals surface area contributed by atoms with Gasteiger partial charge in [-0.25, -0.2) is 0 Å². The molecule has 0 spiro atoms. The Hall–Kier alpha value is -0.120. The maximum atomic E-state index is 12.6. The van der Waals surface area contributed by atoms with E-state index in [1.165, 1.54) is 51.4 Å². The van der Waals surface area contributed by atoms with Crippen LogP contribution in [0.15, 0.2) is 0 Å². The summed E-state index contributed by atoms with van der Waals surface area (Å²) >= 11 is 0. The predicted octanol–water partition coefficient (Wildman–Crippen LogP) is 4.77. The van der Waals surface area contributed by atoms with E-state index >= 15 is 0 Å². The molecule has 0 aromatic rings. The van der Waals surface area contributed by atoms with Crippen molar-refractivity contribution >= 4 is 0 Å². The molecule has 27 heavy (non-hydrogen) atoms. The van der Waals surface area contributed by atoms with Gasteiger partial charge in [0.1, 0.15) is 0 Å². The van der Waals surface area contributed by atoms with Crippen LogP contribution in [0, 0.1) is 40.4 Å². The summed E-state index contributed by atoms with van der Waals surface area (Å²) < 4.78 is 11.8. The lowest BCUT2D eigenvalue weighted by Crippen LogP contribution is -2.59. The highest BCUT2D eigenvalue weighted by atomic mass is 16.6. The molecule has 3 nitrogen and oxygen atoms in total. The molecule has 0 radical (unpaired) electrons. The molecule has 0 aromatic carbocycles. The fourth-order valence-corrected chi connectivity index (χ4v) is 8.29. The van der Waals surface area contributed by atoms with Crippen molar-refractivity contribution in [3.8, 4) is 0 Å². The van der Waals surface area contributed by atoms with Gasteiger partial charge < -0.3 is 14.6 Å². The van der Waals surface area contributed by atoms with Gasteiger partial charge in [-0.15, -0.1) is 0 Å². The Morgan fingerprint density at radius 2 is 1.81 bits per heavy atom. The second-order valence-electron chi connectivity index (χ2n) is 11.5. The van der Waals surface area contributed by atoms with Crippen molar-refractivity contribution in [1.82, 2.24) is 0 Å². The first kappa shape index (κ1) is 20.2. The average molecular weight is 378 g/mol. The molecule has 5 unspecified atom stereocenters. The fraction of sp³-hybridized carbons (Fsp3) is 1.00. The normalized spacial score (nSPS) is 50.0. The fourth-order valence-electron chi connectivity index (χ4n) is 8.29. The van der Waals surface area contributed by atoms with Gasteiger partial charge >= 0.3 is 0 Å². The monoisotopic (exact) mass is 377 g/mol. The van der Waals surface area contributed by atoms with Crippen LogP contribution in [0.5, 0.6) is 0 Å². The molecule has 0 amide bonds. The van der Waals surface area contributed by atoms with Gasteiger partial charge in [0.25, 0.3) is 0 Å². The van der Waals surface area contributed by atoms with Crippen LogP contribution in [0.3, 0.4) is 0 Å². The Bertz CT molecular complexity index is 540. The lowest BCUT2D eigenvalue weighted by atomic mass is 9.44. The Kier molecular flexibility index (Phi) is 5.22. The molecular weight excluding hydrogens is 336 g/mol. The molecule has 0 aromatic heterocycles. The summed E-state index contributed by atoms with van der Waals surface area (Å²) in [5, 5.41) is 12.6. The number of fused-ring (bicyclic) bond motifs is 5. The molecule has 4 aliphatic rings. The standard InChI is InChI=1S/C24H41O3/c1-22(2,25)27-20-13-17-8-6-7-10-24(17,4)18-9-11-23(3)14-16(15-26-5)12-19(23)21(18)20/h16-21H,6-15H2,1-5H3/q-1/t16?,17?,18?,19?,20-,21?,23+,24-/m0/s1. The van der Waals surface area contributed by atoms with E-state index in [9.17, 15) is 5.11 Å². The first-order valence-corrected chi connectivity index (χ1v) is 11.5. The van der Waals surface area contributed by atoms with Gasteiger partial charge in [0.15, 0.2) is 0 Å². The van der Waals surface area contributed by atoms with Gasteiger partial charge in [0, 0.05) is 13.7 Å². The SMILES string of the molecule is COCC1CC2C3C(CC[C@]2(C)C1)[C@@]1(C)CCCCC1C[C@@H]3OC(C)(C)[O-]. The zero-order valence-corrected chi connectivity index (χ0v) is 18.3. The summed E-state index contributed by atoms with van der Waals surface area (Å²) in [4.78, 5) is 0. The summed E-state index contributed by atoms with van der Waals surface area (Å²) in [7, 11) is 1.84. The Balaban J connectivity index is 1.67. The summed E-state index contributed by atoms with van der Waals surface area (Å²) in [6, 6.07) is 0. The first-order valence-electron chi connectivity index (χ1n) is 11.5. The molecule has 0 saturated heterocycles. The molecule has 0 bridgehead atoms. The van der Waals surface area contributed by atoms with Crippen LogP contribution >= 0.6 is 0 Å². The summed E-state index contributed by atoms with van der Waals surface area (Å²) in [6.45, 7) is 9.43. The minimum atomic E-state index is -1.28. The van der Waals surface area contributed by atoms with Crippen molar-refractivity contribution in [1.29, 1.82) is 0 Å². The second-order valence-corrected chi connectivity index (χ2v) is 11.5. The lowest BCUT2D eigenvalue weighted by Gasteiger charge is -2.63. The number of rotatable bonds is 4. The summed E-state index contributed by atoms with van der Waals surface area (Å²) in [6.07, 6.45) is 12.0. The van der Waals surface area contributed by atoms with Crippen LogP contribution < -0.4 is 5.11 Å². The van der Waals surface area contributed by atoms with Gasteiger partial charge in [-0.1, -0.05) is 40.5 Å². The van der Waals surface area contributed by atoms with E-state index in [0.717, 1.165) is 24.9 Å². The highest BCUT2D eigenvalue weighted by Crippen LogP contribution is 2.67. The highest BCUT2D eigenvalue weighted by molar-refractivity contribution is 5.10. The van der Waals surface area contributed by atoms with Crippen LogP contribution in [0.2, 0.25) is 0 Å². The van der Waals surface area contributed by atoms with E-state index in [0.29, 0.717) is 28.6 Å². The molecule has 156 valence electrons. The minimum Gasteiger partial charge on any atom is -0.829 e. The predicted molar refractivity (Wildman–Crippen MR) is 106 cm³/mol. The third-order valence-corrected chi connectivity index (χ3v) is 9.27. The largest absolute Gasteiger partial charge is 0.829 e.